The quantitative estimate of drug-likeness (QED) is 0.786. The third-order valence-corrected chi connectivity index (χ3v) is 6.69. The van der Waals surface area contributed by atoms with E-state index in [1.165, 1.54) is 4.90 Å². The van der Waals surface area contributed by atoms with E-state index in [4.69, 9.17) is 14.0 Å². The van der Waals surface area contributed by atoms with Crippen LogP contribution in [0.25, 0.3) is 0 Å². The number of benzene rings is 1. The van der Waals surface area contributed by atoms with Gasteiger partial charge in [0, 0.05) is 13.1 Å². The maximum atomic E-state index is 12.2. The Labute approximate surface area is 154 Å². The summed E-state index contributed by atoms with van der Waals surface area (Å²) in [4.78, 5) is 12.6. The Morgan fingerprint density at radius 2 is 1.96 bits per heavy atom. The molecule has 1 aromatic carbocycles. The fraction of sp³-hybridized carbons (Fsp3) is 0.611. The molecule has 0 aliphatic carbocycles. The number of hydrogen-bond donors (Lipinski definition) is 1. The van der Waals surface area contributed by atoms with Crippen LogP contribution in [-0.2, 0) is 19.0 Å². The first kappa shape index (κ1) is 19.1. The standard InChI is InChI=1S/C18H25NO6S/c1-14-2-4-16(5-3-14)26(22,23)25-11-6-15-12-18(13-24-15)7-9-19(10-8-18)17(20)21/h2-5,15H,6-13H2,1H3,(H,20,21)/t15-/m0/s1. The van der Waals surface area contributed by atoms with E-state index in [9.17, 15) is 13.2 Å². The molecule has 26 heavy (non-hydrogen) atoms. The summed E-state index contributed by atoms with van der Waals surface area (Å²) in [7, 11) is -3.75. The van der Waals surface area contributed by atoms with Crippen LogP contribution in [0.1, 0.15) is 31.2 Å². The van der Waals surface area contributed by atoms with Crippen LogP contribution in [0.5, 0.6) is 0 Å². The first-order chi connectivity index (χ1) is 12.3. The summed E-state index contributed by atoms with van der Waals surface area (Å²) in [6.07, 6.45) is 2.00. The van der Waals surface area contributed by atoms with Crippen molar-refractivity contribution < 1.29 is 27.2 Å². The summed E-state index contributed by atoms with van der Waals surface area (Å²) in [5.74, 6) is 0. The highest BCUT2D eigenvalue weighted by atomic mass is 32.2. The minimum absolute atomic E-state index is 0.0203. The minimum Gasteiger partial charge on any atom is -0.465 e. The molecule has 1 atom stereocenters. The van der Waals surface area contributed by atoms with Gasteiger partial charge in [-0.15, -0.1) is 0 Å². The third-order valence-electron chi connectivity index (χ3n) is 5.37. The zero-order valence-electron chi connectivity index (χ0n) is 14.9. The Kier molecular flexibility index (Phi) is 5.55. The van der Waals surface area contributed by atoms with Crippen molar-refractivity contribution in [2.24, 2.45) is 5.41 Å². The molecule has 1 aromatic rings. The van der Waals surface area contributed by atoms with Gasteiger partial charge in [-0.3, -0.25) is 4.18 Å². The van der Waals surface area contributed by atoms with Gasteiger partial charge in [-0.1, -0.05) is 17.7 Å². The van der Waals surface area contributed by atoms with Crippen molar-refractivity contribution >= 4 is 16.2 Å². The molecule has 2 fully saturated rings. The predicted octanol–water partition coefficient (Wildman–Crippen LogP) is 2.64. The molecule has 0 radical (unpaired) electrons. The number of aryl methyl sites for hydroxylation is 1. The second-order valence-electron chi connectivity index (χ2n) is 7.28. The van der Waals surface area contributed by atoms with E-state index in [1.54, 1.807) is 24.3 Å². The first-order valence-electron chi connectivity index (χ1n) is 8.85. The first-order valence-corrected chi connectivity index (χ1v) is 10.3. The monoisotopic (exact) mass is 383 g/mol. The predicted molar refractivity (Wildman–Crippen MR) is 94.6 cm³/mol. The van der Waals surface area contributed by atoms with E-state index in [2.05, 4.69) is 0 Å². The van der Waals surface area contributed by atoms with Gasteiger partial charge in [0.25, 0.3) is 10.1 Å². The third kappa shape index (κ3) is 4.36. The second-order valence-corrected chi connectivity index (χ2v) is 8.90. The van der Waals surface area contributed by atoms with Crippen LogP contribution in [0.3, 0.4) is 0 Å². The van der Waals surface area contributed by atoms with Crippen LogP contribution in [0.15, 0.2) is 29.2 Å². The summed E-state index contributed by atoms with van der Waals surface area (Å²) in [6.45, 7) is 3.65. The highest BCUT2D eigenvalue weighted by molar-refractivity contribution is 7.86. The summed E-state index contributed by atoms with van der Waals surface area (Å²) in [5.41, 5.74) is 1.01. The van der Waals surface area contributed by atoms with Crippen LogP contribution in [0.2, 0.25) is 0 Å². The van der Waals surface area contributed by atoms with E-state index in [0.29, 0.717) is 26.1 Å². The van der Waals surface area contributed by atoms with E-state index in [0.717, 1.165) is 24.8 Å². The van der Waals surface area contributed by atoms with Gasteiger partial charge >= 0.3 is 6.09 Å². The van der Waals surface area contributed by atoms with Crippen molar-refractivity contribution in [1.29, 1.82) is 0 Å². The van der Waals surface area contributed by atoms with Crippen molar-refractivity contribution in [3.63, 3.8) is 0 Å². The van der Waals surface area contributed by atoms with Gasteiger partial charge in [-0.25, -0.2) is 4.79 Å². The molecule has 1 spiro atoms. The van der Waals surface area contributed by atoms with Gasteiger partial charge in [-0.05, 0) is 50.2 Å². The normalized spacial score (nSPS) is 22.7. The van der Waals surface area contributed by atoms with Crippen LogP contribution in [0.4, 0.5) is 4.79 Å². The summed E-state index contributed by atoms with van der Waals surface area (Å²) >= 11 is 0. The number of carboxylic acid groups (broad SMARTS) is 1. The van der Waals surface area contributed by atoms with Crippen molar-refractivity contribution in [3.8, 4) is 0 Å². The lowest BCUT2D eigenvalue weighted by Gasteiger charge is -2.37. The van der Waals surface area contributed by atoms with E-state index >= 15 is 0 Å². The van der Waals surface area contributed by atoms with E-state index in [1.807, 2.05) is 6.92 Å². The fourth-order valence-corrected chi connectivity index (χ4v) is 4.59. The van der Waals surface area contributed by atoms with Gasteiger partial charge in [-0.2, -0.15) is 8.42 Å². The average molecular weight is 383 g/mol. The number of carbonyl (C=O) groups is 1. The number of piperidine rings is 1. The van der Waals surface area contributed by atoms with Crippen molar-refractivity contribution in [3.05, 3.63) is 29.8 Å². The molecule has 1 N–H and O–H groups in total. The number of nitrogens with zero attached hydrogens (tertiary/aromatic N) is 1. The molecular weight excluding hydrogens is 358 g/mol. The Morgan fingerprint density at radius 3 is 2.58 bits per heavy atom. The topological polar surface area (TPSA) is 93.1 Å². The van der Waals surface area contributed by atoms with Gasteiger partial charge < -0.3 is 14.7 Å². The molecule has 7 nitrogen and oxygen atoms in total. The Morgan fingerprint density at radius 1 is 1.31 bits per heavy atom. The second kappa shape index (κ2) is 7.54. The molecule has 0 unspecified atom stereocenters. The van der Waals surface area contributed by atoms with Gasteiger partial charge in [0.15, 0.2) is 0 Å². The maximum Gasteiger partial charge on any atom is 0.407 e. The lowest BCUT2D eigenvalue weighted by Crippen LogP contribution is -2.42. The molecule has 3 rings (SSSR count). The summed E-state index contributed by atoms with van der Waals surface area (Å²) < 4.78 is 35.4. The lowest BCUT2D eigenvalue weighted by atomic mass is 9.76. The molecule has 144 valence electrons. The molecule has 2 aliphatic rings. The zero-order chi connectivity index (χ0) is 18.8. The Bertz CT molecular complexity index is 737. The molecule has 2 aliphatic heterocycles. The maximum absolute atomic E-state index is 12.2. The molecule has 0 saturated carbocycles. The Hall–Kier alpha value is -1.64. The molecule has 2 saturated heterocycles. The molecule has 8 heteroatoms. The highest BCUT2D eigenvalue weighted by Crippen LogP contribution is 2.42. The van der Waals surface area contributed by atoms with Gasteiger partial charge in [0.2, 0.25) is 0 Å². The SMILES string of the molecule is Cc1ccc(S(=O)(=O)OCC[C@H]2CC3(CCN(C(=O)O)CC3)CO2)cc1. The van der Waals surface area contributed by atoms with Gasteiger partial charge in [0.05, 0.1) is 24.2 Å². The molecular formula is C18H25NO6S. The Balaban J connectivity index is 1.46. The lowest BCUT2D eigenvalue weighted by molar-refractivity contribution is 0.0579. The molecule has 0 aromatic heterocycles. The highest BCUT2D eigenvalue weighted by Gasteiger charge is 2.43. The van der Waals surface area contributed by atoms with Crippen LogP contribution in [-0.4, -0.2) is 56.9 Å². The fourth-order valence-electron chi connectivity index (χ4n) is 3.66. The number of amides is 1. The van der Waals surface area contributed by atoms with Crippen molar-refractivity contribution in [2.75, 3.05) is 26.3 Å². The number of likely N-dealkylation sites (tertiary alicyclic amines) is 1. The van der Waals surface area contributed by atoms with Gasteiger partial charge in [0.1, 0.15) is 0 Å². The average Bonchev–Trinajstić information content (AvgIpc) is 2.98. The van der Waals surface area contributed by atoms with E-state index < -0.39 is 16.2 Å². The summed E-state index contributed by atoms with van der Waals surface area (Å²) in [6, 6.07) is 6.57. The summed E-state index contributed by atoms with van der Waals surface area (Å²) in [5, 5.41) is 9.04. The van der Waals surface area contributed by atoms with Crippen molar-refractivity contribution in [2.45, 2.75) is 43.6 Å². The van der Waals surface area contributed by atoms with Crippen LogP contribution in [0, 0.1) is 12.3 Å². The zero-order valence-corrected chi connectivity index (χ0v) is 15.7. The number of hydrogen-bond acceptors (Lipinski definition) is 5. The molecule has 2 heterocycles. The van der Waals surface area contributed by atoms with Crippen molar-refractivity contribution in [1.82, 2.24) is 4.90 Å². The molecule has 1 amide bonds. The van der Waals surface area contributed by atoms with Crippen LogP contribution < -0.4 is 0 Å². The minimum atomic E-state index is -3.75. The number of ether oxygens (including phenoxy) is 1. The smallest absolute Gasteiger partial charge is 0.407 e. The van der Waals surface area contributed by atoms with E-state index in [-0.39, 0.29) is 23.0 Å². The largest absolute Gasteiger partial charge is 0.465 e. The van der Waals surface area contributed by atoms with Crippen LogP contribution >= 0.6 is 0 Å². The molecule has 0 bridgehead atoms. The number of rotatable bonds is 5.